The fourth-order valence-corrected chi connectivity index (χ4v) is 1.63. The minimum Gasteiger partial charge on any atom is -0.249 e. The third kappa shape index (κ3) is 2.03. The molecule has 0 aliphatic carbocycles. The highest BCUT2D eigenvalue weighted by Crippen LogP contribution is 2.24. The minimum atomic E-state index is 0.595. The average molecular weight is 214 g/mol. The number of hydrogen-bond acceptors (Lipinski definition) is 1. The lowest BCUT2D eigenvalue weighted by atomic mass is 10.0. The number of aromatic nitrogens is 1. The molecule has 1 unspecified atom stereocenters. The molecule has 0 amide bonds. The molecule has 1 aromatic rings. The molecular formula is C9H12BrN. The first-order chi connectivity index (χ1) is 5.25. The Morgan fingerprint density at radius 2 is 2.36 bits per heavy atom. The van der Waals surface area contributed by atoms with Crippen LogP contribution in [0.4, 0.5) is 0 Å². The van der Waals surface area contributed by atoms with Crippen LogP contribution in [0.2, 0.25) is 0 Å². The van der Waals surface area contributed by atoms with Gasteiger partial charge in [0.05, 0.1) is 0 Å². The van der Waals surface area contributed by atoms with Crippen LogP contribution < -0.4 is 0 Å². The topological polar surface area (TPSA) is 12.9 Å². The van der Waals surface area contributed by atoms with Gasteiger partial charge in [0.25, 0.3) is 0 Å². The Balaban J connectivity index is 2.93. The SMILES string of the molecule is CCC(C)c1cccnc1Br. The van der Waals surface area contributed by atoms with E-state index < -0.39 is 0 Å². The van der Waals surface area contributed by atoms with Crippen molar-refractivity contribution in [2.45, 2.75) is 26.2 Å². The lowest BCUT2D eigenvalue weighted by molar-refractivity contribution is 0.725. The molecule has 60 valence electrons. The summed E-state index contributed by atoms with van der Waals surface area (Å²) in [5.74, 6) is 0.595. The molecule has 1 heterocycles. The molecule has 1 aromatic heterocycles. The van der Waals surface area contributed by atoms with Gasteiger partial charge >= 0.3 is 0 Å². The second-order valence-corrected chi connectivity index (χ2v) is 3.44. The quantitative estimate of drug-likeness (QED) is 0.688. The van der Waals surface area contributed by atoms with Crippen LogP contribution in [-0.4, -0.2) is 4.98 Å². The predicted molar refractivity (Wildman–Crippen MR) is 50.6 cm³/mol. The maximum absolute atomic E-state index is 4.16. The summed E-state index contributed by atoms with van der Waals surface area (Å²) >= 11 is 3.43. The molecule has 0 N–H and O–H groups in total. The van der Waals surface area contributed by atoms with Crippen LogP contribution in [0, 0.1) is 0 Å². The molecule has 0 aliphatic heterocycles. The van der Waals surface area contributed by atoms with Gasteiger partial charge < -0.3 is 0 Å². The van der Waals surface area contributed by atoms with Gasteiger partial charge in [-0.15, -0.1) is 0 Å². The molecule has 0 aromatic carbocycles. The summed E-state index contributed by atoms with van der Waals surface area (Å²) in [7, 11) is 0. The molecule has 0 aliphatic rings. The standard InChI is InChI=1S/C9H12BrN/c1-3-7(2)8-5-4-6-11-9(8)10/h4-7H,3H2,1-2H3. The third-order valence-electron chi connectivity index (χ3n) is 1.93. The van der Waals surface area contributed by atoms with Gasteiger partial charge in [-0.1, -0.05) is 19.9 Å². The van der Waals surface area contributed by atoms with Gasteiger partial charge in [-0.05, 0) is 39.9 Å². The van der Waals surface area contributed by atoms with Gasteiger partial charge in [0.2, 0.25) is 0 Å². The van der Waals surface area contributed by atoms with E-state index in [1.807, 2.05) is 6.07 Å². The molecule has 0 fully saturated rings. The van der Waals surface area contributed by atoms with Crippen LogP contribution in [0.15, 0.2) is 22.9 Å². The molecule has 0 saturated heterocycles. The van der Waals surface area contributed by atoms with E-state index in [0.717, 1.165) is 11.0 Å². The summed E-state index contributed by atoms with van der Waals surface area (Å²) in [6.45, 7) is 4.39. The fraction of sp³-hybridized carbons (Fsp3) is 0.444. The second-order valence-electron chi connectivity index (χ2n) is 2.69. The molecule has 0 saturated carbocycles. The van der Waals surface area contributed by atoms with Crippen molar-refractivity contribution in [2.75, 3.05) is 0 Å². The number of pyridine rings is 1. The van der Waals surface area contributed by atoms with Crippen LogP contribution in [0.25, 0.3) is 0 Å². The van der Waals surface area contributed by atoms with E-state index in [1.54, 1.807) is 6.20 Å². The van der Waals surface area contributed by atoms with Crippen molar-refractivity contribution < 1.29 is 0 Å². The Morgan fingerprint density at radius 1 is 1.64 bits per heavy atom. The summed E-state index contributed by atoms with van der Waals surface area (Å²) in [6, 6.07) is 4.09. The third-order valence-corrected chi connectivity index (χ3v) is 2.59. The highest BCUT2D eigenvalue weighted by atomic mass is 79.9. The molecule has 1 nitrogen and oxygen atoms in total. The average Bonchev–Trinajstić information content (AvgIpc) is 2.04. The normalized spacial score (nSPS) is 13.0. The number of hydrogen-bond donors (Lipinski definition) is 0. The maximum atomic E-state index is 4.16. The van der Waals surface area contributed by atoms with Crippen molar-refractivity contribution in [3.05, 3.63) is 28.5 Å². The first-order valence-electron chi connectivity index (χ1n) is 3.86. The zero-order chi connectivity index (χ0) is 8.27. The highest BCUT2D eigenvalue weighted by molar-refractivity contribution is 9.10. The summed E-state index contributed by atoms with van der Waals surface area (Å²) in [6.07, 6.45) is 2.96. The van der Waals surface area contributed by atoms with E-state index in [0.29, 0.717) is 5.92 Å². The summed E-state index contributed by atoms with van der Waals surface area (Å²) < 4.78 is 0.981. The summed E-state index contributed by atoms with van der Waals surface area (Å²) in [5, 5.41) is 0. The van der Waals surface area contributed by atoms with E-state index in [4.69, 9.17) is 0 Å². The lowest BCUT2D eigenvalue weighted by Crippen LogP contribution is -1.93. The van der Waals surface area contributed by atoms with Crippen molar-refractivity contribution in [3.63, 3.8) is 0 Å². The van der Waals surface area contributed by atoms with Crippen molar-refractivity contribution >= 4 is 15.9 Å². The molecule has 0 spiro atoms. The van der Waals surface area contributed by atoms with Crippen molar-refractivity contribution in [3.8, 4) is 0 Å². The largest absolute Gasteiger partial charge is 0.249 e. The van der Waals surface area contributed by atoms with Gasteiger partial charge in [-0.2, -0.15) is 0 Å². The van der Waals surface area contributed by atoms with Crippen LogP contribution >= 0.6 is 15.9 Å². The summed E-state index contributed by atoms with van der Waals surface area (Å²) in [5.41, 5.74) is 1.30. The van der Waals surface area contributed by atoms with Gasteiger partial charge in [-0.25, -0.2) is 4.98 Å². The van der Waals surface area contributed by atoms with Gasteiger partial charge in [0.1, 0.15) is 4.60 Å². The number of nitrogens with zero attached hydrogens (tertiary/aromatic N) is 1. The Morgan fingerprint density at radius 3 is 2.91 bits per heavy atom. The highest BCUT2D eigenvalue weighted by Gasteiger charge is 2.06. The van der Waals surface area contributed by atoms with Crippen molar-refractivity contribution in [1.82, 2.24) is 4.98 Å². The van der Waals surface area contributed by atoms with Gasteiger partial charge in [0.15, 0.2) is 0 Å². The zero-order valence-corrected chi connectivity index (χ0v) is 8.43. The second kappa shape index (κ2) is 3.86. The van der Waals surface area contributed by atoms with E-state index >= 15 is 0 Å². The first-order valence-corrected chi connectivity index (χ1v) is 4.65. The lowest BCUT2D eigenvalue weighted by Gasteiger charge is -2.09. The molecule has 11 heavy (non-hydrogen) atoms. The molecule has 0 bridgehead atoms. The molecule has 2 heteroatoms. The number of halogens is 1. The van der Waals surface area contributed by atoms with Gasteiger partial charge in [0, 0.05) is 6.20 Å². The Kier molecular flexibility index (Phi) is 3.06. The van der Waals surface area contributed by atoms with Crippen LogP contribution in [0.5, 0.6) is 0 Å². The van der Waals surface area contributed by atoms with E-state index in [-0.39, 0.29) is 0 Å². The van der Waals surface area contributed by atoms with Crippen LogP contribution in [0.3, 0.4) is 0 Å². The van der Waals surface area contributed by atoms with E-state index in [9.17, 15) is 0 Å². The Hall–Kier alpha value is -0.370. The van der Waals surface area contributed by atoms with Crippen molar-refractivity contribution in [1.29, 1.82) is 0 Å². The smallest absolute Gasteiger partial charge is 0.109 e. The molecular weight excluding hydrogens is 202 g/mol. The minimum absolute atomic E-state index is 0.595. The molecule has 1 atom stereocenters. The number of rotatable bonds is 2. The predicted octanol–water partition coefficient (Wildman–Crippen LogP) is 3.36. The molecule has 0 radical (unpaired) electrons. The van der Waals surface area contributed by atoms with Crippen LogP contribution in [-0.2, 0) is 0 Å². The van der Waals surface area contributed by atoms with E-state index in [2.05, 4.69) is 40.8 Å². The molecule has 1 rings (SSSR count). The Bertz CT molecular complexity index is 235. The maximum Gasteiger partial charge on any atom is 0.109 e. The fourth-order valence-electron chi connectivity index (χ4n) is 0.986. The zero-order valence-electron chi connectivity index (χ0n) is 6.84. The Labute approximate surface area is 76.0 Å². The van der Waals surface area contributed by atoms with E-state index in [1.165, 1.54) is 5.56 Å². The van der Waals surface area contributed by atoms with Crippen molar-refractivity contribution in [2.24, 2.45) is 0 Å². The monoisotopic (exact) mass is 213 g/mol. The van der Waals surface area contributed by atoms with Crippen LogP contribution in [0.1, 0.15) is 31.7 Å². The first kappa shape index (κ1) is 8.72. The van der Waals surface area contributed by atoms with Gasteiger partial charge in [-0.3, -0.25) is 0 Å². The summed E-state index contributed by atoms with van der Waals surface area (Å²) in [4.78, 5) is 4.16.